The van der Waals surface area contributed by atoms with Gasteiger partial charge >= 0.3 is 0 Å². The second-order valence-electron chi connectivity index (χ2n) is 6.47. The van der Waals surface area contributed by atoms with Gasteiger partial charge in [-0.1, -0.05) is 0 Å². The third-order valence-corrected chi connectivity index (χ3v) is 5.92. The van der Waals surface area contributed by atoms with Crippen molar-refractivity contribution in [2.75, 3.05) is 26.7 Å². The molecule has 2 amide bonds. The lowest BCUT2D eigenvalue weighted by Crippen LogP contribution is -2.48. The minimum Gasteiger partial charge on any atom is -0.350 e. The first-order valence-corrected chi connectivity index (χ1v) is 8.58. The van der Waals surface area contributed by atoms with Crippen molar-refractivity contribution in [3.05, 3.63) is 23.2 Å². The maximum atomic E-state index is 12.7. The molecule has 2 fully saturated rings. The molecule has 4 rings (SSSR count). The average molecular weight is 317 g/mol. The summed E-state index contributed by atoms with van der Waals surface area (Å²) in [6.07, 6.45) is 2.72. The molecule has 1 spiro atoms. The van der Waals surface area contributed by atoms with Crippen LogP contribution in [0.3, 0.4) is 0 Å². The number of thiophene rings is 1. The van der Waals surface area contributed by atoms with Crippen molar-refractivity contribution in [3.63, 3.8) is 0 Å². The third-order valence-electron chi connectivity index (χ3n) is 5.06. The van der Waals surface area contributed by atoms with Gasteiger partial charge in [0, 0.05) is 26.7 Å². The summed E-state index contributed by atoms with van der Waals surface area (Å²) in [5, 5.41) is 2.01. The number of carbonyl (C=O) groups excluding carboxylic acids is 2. The smallest absolute Gasteiger partial charge is 0.270 e. The van der Waals surface area contributed by atoms with Crippen LogP contribution < -0.4 is 0 Å². The standard InChI is InChI=1S/C16H19N3O2S/c1-18-6-2-4-16(15(18)21)5-7-19(10-16)14(20)12-9-13-11(17-12)3-8-22-13/h3,8-9,17H,2,4-7,10H2,1H3/t16-/m0/s1. The lowest BCUT2D eigenvalue weighted by atomic mass is 9.78. The first kappa shape index (κ1) is 13.8. The molecule has 4 heterocycles. The van der Waals surface area contributed by atoms with Gasteiger partial charge in [0.25, 0.3) is 5.91 Å². The molecular weight excluding hydrogens is 298 g/mol. The van der Waals surface area contributed by atoms with E-state index in [1.807, 2.05) is 34.4 Å². The van der Waals surface area contributed by atoms with Gasteiger partial charge in [0.15, 0.2) is 0 Å². The van der Waals surface area contributed by atoms with Crippen molar-refractivity contribution < 1.29 is 9.59 Å². The molecule has 0 radical (unpaired) electrons. The highest BCUT2D eigenvalue weighted by molar-refractivity contribution is 7.17. The van der Waals surface area contributed by atoms with Crippen molar-refractivity contribution in [3.8, 4) is 0 Å². The summed E-state index contributed by atoms with van der Waals surface area (Å²) >= 11 is 1.63. The van der Waals surface area contributed by atoms with Crippen LogP contribution in [-0.2, 0) is 4.79 Å². The normalized spacial score (nSPS) is 25.6. The van der Waals surface area contributed by atoms with Crippen molar-refractivity contribution in [2.45, 2.75) is 19.3 Å². The van der Waals surface area contributed by atoms with Gasteiger partial charge < -0.3 is 14.8 Å². The number of carbonyl (C=O) groups is 2. The Balaban J connectivity index is 1.56. The van der Waals surface area contributed by atoms with Crippen molar-refractivity contribution >= 4 is 33.4 Å². The van der Waals surface area contributed by atoms with Gasteiger partial charge in [-0.15, -0.1) is 11.3 Å². The predicted octanol–water partition coefficient (Wildman–Crippen LogP) is 2.31. The summed E-state index contributed by atoms with van der Waals surface area (Å²) in [6, 6.07) is 3.91. The lowest BCUT2D eigenvalue weighted by molar-refractivity contribution is -0.143. The molecule has 116 valence electrons. The predicted molar refractivity (Wildman–Crippen MR) is 86.0 cm³/mol. The van der Waals surface area contributed by atoms with E-state index in [0.29, 0.717) is 18.8 Å². The molecule has 2 aromatic rings. The Hall–Kier alpha value is -1.82. The van der Waals surface area contributed by atoms with Gasteiger partial charge in [-0.3, -0.25) is 9.59 Å². The Morgan fingerprint density at radius 2 is 2.23 bits per heavy atom. The van der Waals surface area contributed by atoms with Gasteiger partial charge in [-0.05, 0) is 36.8 Å². The molecular formula is C16H19N3O2S. The zero-order chi connectivity index (χ0) is 15.3. The van der Waals surface area contributed by atoms with E-state index in [1.54, 1.807) is 11.3 Å². The SMILES string of the molecule is CN1CCC[C@@]2(CCN(C(=O)c3cc4sccc4[nH]3)C2)C1=O. The molecule has 5 nitrogen and oxygen atoms in total. The van der Waals surface area contributed by atoms with E-state index in [-0.39, 0.29) is 17.2 Å². The summed E-state index contributed by atoms with van der Waals surface area (Å²) in [5.41, 5.74) is 1.30. The molecule has 2 saturated heterocycles. The first-order valence-electron chi connectivity index (χ1n) is 7.70. The van der Waals surface area contributed by atoms with Crippen molar-refractivity contribution in [1.29, 1.82) is 0 Å². The van der Waals surface area contributed by atoms with E-state index in [0.717, 1.165) is 36.0 Å². The van der Waals surface area contributed by atoms with Crippen LogP contribution in [-0.4, -0.2) is 53.3 Å². The molecule has 22 heavy (non-hydrogen) atoms. The molecule has 1 atom stereocenters. The van der Waals surface area contributed by atoms with Crippen molar-refractivity contribution in [2.24, 2.45) is 5.41 Å². The second kappa shape index (κ2) is 4.84. The maximum absolute atomic E-state index is 12.7. The number of aromatic amines is 1. The first-order chi connectivity index (χ1) is 10.6. The van der Waals surface area contributed by atoms with E-state index >= 15 is 0 Å². The maximum Gasteiger partial charge on any atom is 0.270 e. The van der Waals surface area contributed by atoms with Crippen LogP contribution in [0.5, 0.6) is 0 Å². The van der Waals surface area contributed by atoms with Gasteiger partial charge in [-0.25, -0.2) is 0 Å². The van der Waals surface area contributed by atoms with Gasteiger partial charge in [0.1, 0.15) is 5.69 Å². The quantitative estimate of drug-likeness (QED) is 0.877. The van der Waals surface area contributed by atoms with Crippen LogP contribution in [0.15, 0.2) is 17.5 Å². The number of amides is 2. The third kappa shape index (κ3) is 1.97. The molecule has 2 aliphatic heterocycles. The molecule has 2 aliphatic rings. The van der Waals surface area contributed by atoms with Crippen LogP contribution in [0.1, 0.15) is 29.8 Å². The Labute approximate surface area is 132 Å². The zero-order valence-electron chi connectivity index (χ0n) is 12.6. The minimum atomic E-state index is -0.341. The fourth-order valence-corrected chi connectivity index (χ4v) is 4.61. The zero-order valence-corrected chi connectivity index (χ0v) is 13.4. The second-order valence-corrected chi connectivity index (χ2v) is 7.42. The number of piperidine rings is 1. The molecule has 6 heteroatoms. The summed E-state index contributed by atoms with van der Waals surface area (Å²) in [4.78, 5) is 32.1. The highest BCUT2D eigenvalue weighted by Crippen LogP contribution is 2.40. The summed E-state index contributed by atoms with van der Waals surface area (Å²) in [7, 11) is 1.87. The van der Waals surface area contributed by atoms with Crippen LogP contribution in [0, 0.1) is 5.41 Å². The van der Waals surface area contributed by atoms with Crippen molar-refractivity contribution in [1.82, 2.24) is 14.8 Å². The number of nitrogens with one attached hydrogen (secondary N) is 1. The van der Waals surface area contributed by atoms with E-state index in [2.05, 4.69) is 4.98 Å². The van der Waals surface area contributed by atoms with Crippen LogP contribution in [0.2, 0.25) is 0 Å². The van der Waals surface area contributed by atoms with E-state index in [4.69, 9.17) is 0 Å². The Morgan fingerprint density at radius 1 is 1.36 bits per heavy atom. The lowest BCUT2D eigenvalue weighted by Gasteiger charge is -2.37. The Kier molecular flexibility index (Phi) is 3.04. The number of aromatic nitrogens is 1. The number of H-pyrrole nitrogens is 1. The van der Waals surface area contributed by atoms with Crippen LogP contribution in [0.25, 0.3) is 10.2 Å². The van der Waals surface area contributed by atoms with Crippen LogP contribution in [0.4, 0.5) is 0 Å². The van der Waals surface area contributed by atoms with E-state index in [9.17, 15) is 9.59 Å². The monoisotopic (exact) mass is 317 g/mol. The van der Waals surface area contributed by atoms with Gasteiger partial charge in [0.05, 0.1) is 15.6 Å². The minimum absolute atomic E-state index is 0.0151. The largest absolute Gasteiger partial charge is 0.350 e. The molecule has 0 aliphatic carbocycles. The fraction of sp³-hybridized carbons (Fsp3) is 0.500. The van der Waals surface area contributed by atoms with Gasteiger partial charge in [0.2, 0.25) is 5.91 Å². The topological polar surface area (TPSA) is 56.4 Å². The molecule has 1 N–H and O–H groups in total. The van der Waals surface area contributed by atoms with E-state index in [1.165, 1.54) is 0 Å². The summed E-state index contributed by atoms with van der Waals surface area (Å²) < 4.78 is 1.10. The number of hydrogen-bond donors (Lipinski definition) is 1. The molecule has 0 aromatic carbocycles. The molecule has 0 saturated carbocycles. The number of rotatable bonds is 1. The Bertz CT molecular complexity index is 721. The summed E-state index contributed by atoms with van der Waals surface area (Å²) in [5.74, 6) is 0.225. The van der Waals surface area contributed by atoms with Gasteiger partial charge in [-0.2, -0.15) is 0 Å². The van der Waals surface area contributed by atoms with Crippen LogP contribution >= 0.6 is 11.3 Å². The van der Waals surface area contributed by atoms with E-state index < -0.39 is 0 Å². The molecule has 0 bridgehead atoms. The summed E-state index contributed by atoms with van der Waals surface area (Å²) in [6.45, 7) is 2.06. The molecule has 0 unspecified atom stereocenters. The number of fused-ring (bicyclic) bond motifs is 1. The fourth-order valence-electron chi connectivity index (χ4n) is 3.83. The number of likely N-dealkylation sites (tertiary alicyclic amines) is 2. The highest BCUT2D eigenvalue weighted by atomic mass is 32.1. The number of hydrogen-bond acceptors (Lipinski definition) is 3. The average Bonchev–Trinajstić information content (AvgIpc) is 3.18. The number of nitrogens with zero attached hydrogens (tertiary/aromatic N) is 2. The highest BCUT2D eigenvalue weighted by Gasteiger charge is 2.48. The Morgan fingerprint density at radius 3 is 3.05 bits per heavy atom. The molecule has 2 aromatic heterocycles.